The van der Waals surface area contributed by atoms with Crippen LogP contribution in [0.4, 0.5) is 10.8 Å². The summed E-state index contributed by atoms with van der Waals surface area (Å²) in [5, 5.41) is 0.408. The molecular formula is C15H14BrN3O3S2. The molecule has 0 saturated heterocycles. The number of anilines is 2. The van der Waals surface area contributed by atoms with Gasteiger partial charge < -0.3 is 9.92 Å². The first-order valence-electron chi connectivity index (χ1n) is 7.03. The third-order valence-electron chi connectivity index (χ3n) is 3.24. The third-order valence-corrected chi connectivity index (χ3v) is 6.09. The Hall–Kier alpha value is -1.84. The van der Waals surface area contributed by atoms with E-state index in [9.17, 15) is 8.42 Å². The van der Waals surface area contributed by atoms with Crippen LogP contribution in [-0.4, -0.2) is 19.9 Å². The number of halogens is 1. The number of nitrogens with two attached hydrogens (primary N) is 1. The Balaban J connectivity index is 1.96. The molecule has 0 radical (unpaired) electrons. The molecular weight excluding hydrogens is 414 g/mol. The van der Waals surface area contributed by atoms with E-state index in [0.29, 0.717) is 20.8 Å². The van der Waals surface area contributed by atoms with Gasteiger partial charge in [-0.1, -0.05) is 29.5 Å². The summed E-state index contributed by atoms with van der Waals surface area (Å²) in [5.41, 5.74) is 6.92. The molecule has 0 bridgehead atoms. The molecule has 0 amide bonds. The van der Waals surface area contributed by atoms with Gasteiger partial charge in [-0.05, 0) is 41.1 Å². The third kappa shape index (κ3) is 3.33. The van der Waals surface area contributed by atoms with Gasteiger partial charge in [0.05, 0.1) is 15.9 Å². The predicted octanol–water partition coefficient (Wildman–Crippen LogP) is 3.79. The number of aromatic nitrogens is 1. The standard InChI is InChI=1S/C15H14BrN3O3S2/c1-2-19(10-6-4-3-5-7-10)24(20,21)22-11-8-12(16)14-13(9-11)23-15(17)18-14/h3-9H,2H2,1H3,(H2,17,18). The molecule has 0 aliphatic rings. The topological polar surface area (TPSA) is 85.5 Å². The maximum Gasteiger partial charge on any atom is 0.409 e. The Morgan fingerprint density at radius 1 is 1.29 bits per heavy atom. The molecule has 9 heteroatoms. The van der Waals surface area contributed by atoms with Crippen molar-refractivity contribution in [3.63, 3.8) is 0 Å². The molecule has 0 unspecified atom stereocenters. The number of fused-ring (bicyclic) bond motifs is 1. The van der Waals surface area contributed by atoms with Gasteiger partial charge in [-0.2, -0.15) is 8.42 Å². The molecule has 1 heterocycles. The van der Waals surface area contributed by atoms with Crippen LogP contribution in [-0.2, 0) is 10.3 Å². The molecule has 0 atom stereocenters. The Morgan fingerprint density at radius 2 is 2.00 bits per heavy atom. The zero-order valence-corrected chi connectivity index (χ0v) is 15.9. The Bertz CT molecular complexity index is 974. The predicted molar refractivity (Wildman–Crippen MR) is 101 cm³/mol. The Morgan fingerprint density at radius 3 is 2.67 bits per heavy atom. The summed E-state index contributed by atoms with van der Waals surface area (Å²) in [6.07, 6.45) is 0. The number of nitrogens with zero attached hydrogens (tertiary/aromatic N) is 2. The maximum atomic E-state index is 12.6. The summed E-state index contributed by atoms with van der Waals surface area (Å²) in [4.78, 5) is 4.18. The van der Waals surface area contributed by atoms with Crippen LogP contribution in [0.3, 0.4) is 0 Å². The highest BCUT2D eigenvalue weighted by atomic mass is 79.9. The van der Waals surface area contributed by atoms with E-state index in [1.54, 1.807) is 43.3 Å². The Kier molecular flexibility index (Phi) is 4.66. The molecule has 0 aliphatic heterocycles. The summed E-state index contributed by atoms with van der Waals surface area (Å²) in [5.74, 6) is 0.201. The number of thiazole rings is 1. The van der Waals surface area contributed by atoms with Crippen LogP contribution in [0.1, 0.15) is 6.92 Å². The average molecular weight is 428 g/mol. The highest BCUT2D eigenvalue weighted by molar-refractivity contribution is 9.10. The van der Waals surface area contributed by atoms with Gasteiger partial charge in [0.2, 0.25) is 0 Å². The first kappa shape index (κ1) is 17.0. The molecule has 3 rings (SSSR count). The van der Waals surface area contributed by atoms with Gasteiger partial charge >= 0.3 is 10.3 Å². The molecule has 2 N–H and O–H groups in total. The molecule has 0 spiro atoms. The van der Waals surface area contributed by atoms with E-state index in [1.807, 2.05) is 6.07 Å². The fourth-order valence-corrected chi connectivity index (χ4v) is 4.84. The van der Waals surface area contributed by atoms with Crippen molar-refractivity contribution in [2.24, 2.45) is 0 Å². The average Bonchev–Trinajstić information content (AvgIpc) is 2.89. The van der Waals surface area contributed by atoms with E-state index in [2.05, 4.69) is 20.9 Å². The van der Waals surface area contributed by atoms with E-state index in [1.165, 1.54) is 15.6 Å². The van der Waals surface area contributed by atoms with Gasteiger partial charge in [-0.25, -0.2) is 9.29 Å². The van der Waals surface area contributed by atoms with Crippen molar-refractivity contribution in [2.45, 2.75) is 6.92 Å². The van der Waals surface area contributed by atoms with Crippen LogP contribution in [0, 0.1) is 0 Å². The van der Waals surface area contributed by atoms with Crippen molar-refractivity contribution in [1.29, 1.82) is 0 Å². The van der Waals surface area contributed by atoms with Crippen molar-refractivity contribution in [2.75, 3.05) is 16.6 Å². The largest absolute Gasteiger partial charge is 0.409 e. The summed E-state index contributed by atoms with van der Waals surface area (Å²) in [6, 6.07) is 12.0. The monoisotopic (exact) mass is 427 g/mol. The number of hydrogen-bond donors (Lipinski definition) is 1. The number of hydrogen-bond acceptors (Lipinski definition) is 6. The minimum absolute atomic E-state index is 0.201. The lowest BCUT2D eigenvalue weighted by Gasteiger charge is -2.22. The molecule has 2 aromatic carbocycles. The smallest absolute Gasteiger partial charge is 0.375 e. The number of para-hydroxylation sites is 1. The van der Waals surface area contributed by atoms with Crippen LogP contribution in [0.15, 0.2) is 46.9 Å². The zero-order chi connectivity index (χ0) is 17.3. The van der Waals surface area contributed by atoms with E-state index in [4.69, 9.17) is 9.92 Å². The lowest BCUT2D eigenvalue weighted by atomic mass is 10.3. The fourth-order valence-electron chi connectivity index (χ4n) is 2.26. The first-order valence-corrected chi connectivity index (χ1v) is 10.0. The van der Waals surface area contributed by atoms with Gasteiger partial charge in [0.15, 0.2) is 5.13 Å². The van der Waals surface area contributed by atoms with E-state index < -0.39 is 10.3 Å². The van der Waals surface area contributed by atoms with Crippen molar-refractivity contribution in [3.8, 4) is 5.75 Å². The molecule has 0 saturated carbocycles. The van der Waals surface area contributed by atoms with Crippen molar-refractivity contribution >= 4 is 58.6 Å². The molecule has 0 fully saturated rings. The van der Waals surface area contributed by atoms with Crippen LogP contribution in [0.25, 0.3) is 10.2 Å². The fraction of sp³-hybridized carbons (Fsp3) is 0.133. The highest BCUT2D eigenvalue weighted by Crippen LogP contribution is 2.34. The highest BCUT2D eigenvalue weighted by Gasteiger charge is 2.24. The van der Waals surface area contributed by atoms with Crippen molar-refractivity contribution in [1.82, 2.24) is 4.98 Å². The van der Waals surface area contributed by atoms with Gasteiger partial charge in [0.1, 0.15) is 5.75 Å². The number of nitrogen functional groups attached to an aromatic ring is 1. The minimum atomic E-state index is -3.99. The molecule has 126 valence electrons. The van der Waals surface area contributed by atoms with Crippen LogP contribution in [0.5, 0.6) is 5.75 Å². The zero-order valence-electron chi connectivity index (χ0n) is 12.6. The minimum Gasteiger partial charge on any atom is -0.375 e. The van der Waals surface area contributed by atoms with E-state index in [0.717, 1.165) is 4.70 Å². The van der Waals surface area contributed by atoms with E-state index >= 15 is 0 Å². The van der Waals surface area contributed by atoms with Crippen LogP contribution in [0.2, 0.25) is 0 Å². The maximum absolute atomic E-state index is 12.6. The lowest BCUT2D eigenvalue weighted by Crippen LogP contribution is -2.34. The van der Waals surface area contributed by atoms with Gasteiger partial charge in [0, 0.05) is 17.1 Å². The van der Waals surface area contributed by atoms with E-state index in [-0.39, 0.29) is 12.3 Å². The van der Waals surface area contributed by atoms with Crippen molar-refractivity contribution in [3.05, 3.63) is 46.9 Å². The van der Waals surface area contributed by atoms with Crippen LogP contribution >= 0.6 is 27.3 Å². The van der Waals surface area contributed by atoms with Crippen LogP contribution < -0.4 is 14.2 Å². The van der Waals surface area contributed by atoms with Gasteiger partial charge in [0.25, 0.3) is 0 Å². The summed E-state index contributed by atoms with van der Waals surface area (Å²) in [7, 11) is -3.99. The summed E-state index contributed by atoms with van der Waals surface area (Å²) >= 11 is 4.63. The summed E-state index contributed by atoms with van der Waals surface area (Å²) in [6.45, 7) is 2.00. The molecule has 0 aliphatic carbocycles. The SMILES string of the molecule is CCN(c1ccccc1)S(=O)(=O)Oc1cc(Br)c2nc(N)sc2c1. The quantitative estimate of drug-likeness (QED) is 0.669. The molecule has 3 aromatic rings. The summed E-state index contributed by atoms with van der Waals surface area (Å²) < 4.78 is 33.2. The second kappa shape index (κ2) is 6.58. The molecule has 24 heavy (non-hydrogen) atoms. The second-order valence-electron chi connectivity index (χ2n) is 4.85. The lowest BCUT2D eigenvalue weighted by molar-refractivity contribution is 0.482. The molecule has 6 nitrogen and oxygen atoms in total. The number of rotatable bonds is 5. The number of benzene rings is 2. The molecule has 1 aromatic heterocycles. The Labute approximate surface area is 152 Å². The normalized spacial score (nSPS) is 11.6. The second-order valence-corrected chi connectivity index (χ2v) is 8.22. The van der Waals surface area contributed by atoms with Gasteiger partial charge in [-0.15, -0.1) is 0 Å². The van der Waals surface area contributed by atoms with Crippen molar-refractivity contribution < 1.29 is 12.6 Å². The van der Waals surface area contributed by atoms with Gasteiger partial charge in [-0.3, -0.25) is 0 Å². The first-order chi connectivity index (χ1) is 11.4.